The Labute approximate surface area is 138 Å². The van der Waals surface area contributed by atoms with Crippen LogP contribution >= 0.6 is 0 Å². The zero-order valence-corrected chi connectivity index (χ0v) is 13.3. The second-order valence-electron chi connectivity index (χ2n) is 5.58. The molecule has 24 heavy (non-hydrogen) atoms. The first kappa shape index (κ1) is 17.4. The van der Waals surface area contributed by atoms with Crippen molar-refractivity contribution in [2.75, 3.05) is 6.54 Å². The van der Waals surface area contributed by atoms with Crippen molar-refractivity contribution in [2.24, 2.45) is 7.05 Å². The lowest BCUT2D eigenvalue weighted by atomic mass is 10.00. The number of carbonyl (C=O) groups is 1. The minimum Gasteiger partial charge on any atom is -0.383 e. The van der Waals surface area contributed by atoms with E-state index in [1.54, 1.807) is 43.2 Å². The number of rotatable bonds is 6. The van der Waals surface area contributed by atoms with Gasteiger partial charge in [0, 0.05) is 37.0 Å². The van der Waals surface area contributed by atoms with Gasteiger partial charge in [-0.3, -0.25) is 19.6 Å². The van der Waals surface area contributed by atoms with Crippen LogP contribution in [0.15, 0.2) is 42.7 Å². The molecule has 0 aliphatic rings. The lowest BCUT2D eigenvalue weighted by Crippen LogP contribution is -2.37. The van der Waals surface area contributed by atoms with Crippen molar-refractivity contribution in [1.29, 1.82) is 0 Å². The second-order valence-corrected chi connectivity index (χ2v) is 5.58. The van der Waals surface area contributed by atoms with E-state index >= 15 is 0 Å². The van der Waals surface area contributed by atoms with Crippen molar-refractivity contribution in [3.63, 3.8) is 0 Å². The monoisotopic (exact) mass is 330 g/mol. The van der Waals surface area contributed by atoms with Crippen LogP contribution in [-0.4, -0.2) is 32.3 Å². The third kappa shape index (κ3) is 4.50. The molecule has 0 aliphatic heterocycles. The smallest absolute Gasteiger partial charge is 0.269 e. The third-order valence-corrected chi connectivity index (χ3v) is 3.46. The summed E-state index contributed by atoms with van der Waals surface area (Å²) in [6, 6.07) is 5.83. The van der Waals surface area contributed by atoms with E-state index in [1.165, 1.54) is 24.3 Å². The molecule has 2 N–H and O–H groups in total. The summed E-state index contributed by atoms with van der Waals surface area (Å²) in [4.78, 5) is 21.9. The van der Waals surface area contributed by atoms with Gasteiger partial charge in [-0.2, -0.15) is 5.10 Å². The molecule has 2 rings (SSSR count). The maximum absolute atomic E-state index is 11.8. The fourth-order valence-corrected chi connectivity index (χ4v) is 2.00. The van der Waals surface area contributed by atoms with Gasteiger partial charge in [0.15, 0.2) is 0 Å². The van der Waals surface area contributed by atoms with Crippen molar-refractivity contribution < 1.29 is 14.8 Å². The highest BCUT2D eigenvalue weighted by Gasteiger charge is 2.24. The van der Waals surface area contributed by atoms with Gasteiger partial charge in [0.2, 0.25) is 5.91 Å². The minimum atomic E-state index is -1.23. The van der Waals surface area contributed by atoms with E-state index in [0.29, 0.717) is 11.1 Å². The van der Waals surface area contributed by atoms with Gasteiger partial charge < -0.3 is 10.4 Å². The van der Waals surface area contributed by atoms with Crippen LogP contribution in [-0.2, 0) is 17.4 Å². The predicted octanol–water partition coefficient (Wildman–Crippen LogP) is 1.37. The minimum absolute atomic E-state index is 0.0101. The van der Waals surface area contributed by atoms with Crippen LogP contribution in [0.2, 0.25) is 0 Å². The number of aromatic nitrogens is 2. The van der Waals surface area contributed by atoms with Crippen LogP contribution < -0.4 is 5.32 Å². The number of nitrogens with zero attached hydrogens (tertiary/aromatic N) is 3. The number of benzene rings is 1. The molecule has 0 spiro atoms. The first-order valence-electron chi connectivity index (χ1n) is 7.20. The number of nitro benzene ring substituents is 1. The first-order valence-corrected chi connectivity index (χ1v) is 7.20. The Hall–Kier alpha value is -3.00. The number of nitrogens with one attached hydrogen (secondary N) is 1. The van der Waals surface area contributed by atoms with Crippen molar-refractivity contribution in [1.82, 2.24) is 15.1 Å². The third-order valence-electron chi connectivity index (χ3n) is 3.46. The van der Waals surface area contributed by atoms with Gasteiger partial charge in [0.1, 0.15) is 5.60 Å². The Morgan fingerprint density at radius 3 is 2.67 bits per heavy atom. The van der Waals surface area contributed by atoms with Crippen LogP contribution in [0, 0.1) is 10.1 Å². The summed E-state index contributed by atoms with van der Waals surface area (Å²) in [6.07, 6.45) is 6.07. The molecule has 8 nitrogen and oxygen atoms in total. The molecule has 0 saturated carbocycles. The molecule has 126 valence electrons. The Balaban J connectivity index is 1.91. The largest absolute Gasteiger partial charge is 0.383 e. The maximum atomic E-state index is 11.8. The Kier molecular flexibility index (Phi) is 5.10. The van der Waals surface area contributed by atoms with E-state index in [1.807, 2.05) is 0 Å². The predicted molar refractivity (Wildman–Crippen MR) is 87.9 cm³/mol. The van der Waals surface area contributed by atoms with E-state index in [-0.39, 0.29) is 18.1 Å². The van der Waals surface area contributed by atoms with Crippen molar-refractivity contribution in [3.05, 3.63) is 64.0 Å². The lowest BCUT2D eigenvalue weighted by Gasteiger charge is -2.21. The summed E-state index contributed by atoms with van der Waals surface area (Å²) >= 11 is 0. The van der Waals surface area contributed by atoms with Crippen molar-refractivity contribution in [3.8, 4) is 0 Å². The summed E-state index contributed by atoms with van der Waals surface area (Å²) in [6.45, 7) is 1.62. The topological polar surface area (TPSA) is 110 Å². The van der Waals surface area contributed by atoms with E-state index in [4.69, 9.17) is 0 Å². The average molecular weight is 330 g/mol. The number of non-ortho nitro benzene ring substituents is 1. The molecule has 0 fully saturated rings. The zero-order valence-electron chi connectivity index (χ0n) is 13.3. The summed E-state index contributed by atoms with van der Waals surface area (Å²) in [5.41, 5.74) is 0.0222. The van der Waals surface area contributed by atoms with E-state index in [9.17, 15) is 20.0 Å². The number of hydrogen-bond acceptors (Lipinski definition) is 5. The maximum Gasteiger partial charge on any atom is 0.269 e. The van der Waals surface area contributed by atoms with Crippen LogP contribution in [0.3, 0.4) is 0 Å². The molecule has 0 bridgehead atoms. The second kappa shape index (κ2) is 7.05. The molecule has 1 unspecified atom stereocenters. The number of amides is 1. The molecule has 0 saturated heterocycles. The molecule has 1 amide bonds. The average Bonchev–Trinajstić information content (AvgIpc) is 2.99. The zero-order chi connectivity index (χ0) is 17.7. The molecular formula is C16H18N4O4. The molecule has 8 heteroatoms. The van der Waals surface area contributed by atoms with Gasteiger partial charge in [0.05, 0.1) is 17.7 Å². The van der Waals surface area contributed by atoms with Gasteiger partial charge in [0.25, 0.3) is 5.69 Å². The molecule has 0 aliphatic carbocycles. The molecular weight excluding hydrogens is 312 g/mol. The van der Waals surface area contributed by atoms with Crippen LogP contribution in [0.1, 0.15) is 18.1 Å². The quantitative estimate of drug-likeness (QED) is 0.472. The highest BCUT2D eigenvalue weighted by Crippen LogP contribution is 2.18. The van der Waals surface area contributed by atoms with Gasteiger partial charge >= 0.3 is 0 Å². The number of nitro groups is 1. The first-order chi connectivity index (χ1) is 11.3. The Morgan fingerprint density at radius 1 is 1.46 bits per heavy atom. The summed E-state index contributed by atoms with van der Waals surface area (Å²) < 4.78 is 1.57. The fourth-order valence-electron chi connectivity index (χ4n) is 2.00. The molecule has 0 radical (unpaired) electrons. The molecule has 2 aromatic rings. The van der Waals surface area contributed by atoms with E-state index in [2.05, 4.69) is 10.4 Å². The molecule has 1 atom stereocenters. The van der Waals surface area contributed by atoms with Crippen LogP contribution in [0.25, 0.3) is 6.08 Å². The van der Waals surface area contributed by atoms with Gasteiger partial charge in [-0.25, -0.2) is 0 Å². The normalized spacial score (nSPS) is 13.6. The number of carbonyl (C=O) groups excluding carboxylic acids is 1. The SMILES string of the molecule is Cn1cc(C(C)(O)CNC(=O)C=Cc2ccc([N+](=O)[O-])cc2)cn1. The van der Waals surface area contributed by atoms with Crippen LogP contribution in [0.4, 0.5) is 5.69 Å². The molecule has 1 heterocycles. The van der Waals surface area contributed by atoms with E-state index < -0.39 is 10.5 Å². The van der Waals surface area contributed by atoms with Gasteiger partial charge in [-0.15, -0.1) is 0 Å². The van der Waals surface area contributed by atoms with Gasteiger partial charge in [-0.05, 0) is 30.7 Å². The molecule has 1 aromatic carbocycles. The Morgan fingerprint density at radius 2 is 2.12 bits per heavy atom. The Bertz CT molecular complexity index is 763. The summed E-state index contributed by atoms with van der Waals surface area (Å²) in [5.74, 6) is -0.377. The standard InChI is InChI=1S/C16H18N4O4/c1-16(22,13-9-18-19(2)10-13)11-17-15(21)8-5-12-3-6-14(7-4-12)20(23)24/h3-10,22H,11H2,1-2H3,(H,17,21). The summed E-state index contributed by atoms with van der Waals surface area (Å²) in [7, 11) is 1.74. The highest BCUT2D eigenvalue weighted by molar-refractivity contribution is 5.91. The van der Waals surface area contributed by atoms with Gasteiger partial charge in [-0.1, -0.05) is 0 Å². The van der Waals surface area contributed by atoms with Crippen molar-refractivity contribution in [2.45, 2.75) is 12.5 Å². The van der Waals surface area contributed by atoms with E-state index in [0.717, 1.165) is 0 Å². The lowest BCUT2D eigenvalue weighted by molar-refractivity contribution is -0.384. The number of aryl methyl sites for hydroxylation is 1. The fraction of sp³-hybridized carbons (Fsp3) is 0.250. The van der Waals surface area contributed by atoms with Crippen molar-refractivity contribution >= 4 is 17.7 Å². The molecule has 1 aromatic heterocycles. The number of aliphatic hydroxyl groups is 1. The highest BCUT2D eigenvalue weighted by atomic mass is 16.6. The van der Waals surface area contributed by atoms with Crippen LogP contribution in [0.5, 0.6) is 0 Å². The number of hydrogen-bond donors (Lipinski definition) is 2. The summed E-state index contributed by atoms with van der Waals surface area (Å²) in [5, 5.41) is 27.5.